The summed E-state index contributed by atoms with van der Waals surface area (Å²) in [5, 5.41) is 11.1. The summed E-state index contributed by atoms with van der Waals surface area (Å²) in [5.74, 6) is 1.25. The molecule has 1 fully saturated rings. The fraction of sp³-hybridized carbons (Fsp3) is 0.278. The quantitative estimate of drug-likeness (QED) is 0.621. The van der Waals surface area contributed by atoms with Crippen molar-refractivity contribution in [3.8, 4) is 22.1 Å². The highest BCUT2D eigenvalue weighted by atomic mass is 32.2. The molecule has 26 heavy (non-hydrogen) atoms. The van der Waals surface area contributed by atoms with Crippen LogP contribution in [0.25, 0.3) is 16.4 Å². The van der Waals surface area contributed by atoms with E-state index in [2.05, 4.69) is 10.2 Å². The van der Waals surface area contributed by atoms with Gasteiger partial charge in [0.1, 0.15) is 17.1 Å². The Morgan fingerprint density at radius 3 is 2.81 bits per heavy atom. The third kappa shape index (κ3) is 3.10. The van der Waals surface area contributed by atoms with Crippen LogP contribution in [-0.2, 0) is 9.53 Å². The number of thiophene rings is 1. The molecule has 8 heteroatoms. The van der Waals surface area contributed by atoms with E-state index in [0.717, 1.165) is 16.4 Å². The van der Waals surface area contributed by atoms with Crippen LogP contribution in [0.15, 0.2) is 46.9 Å². The van der Waals surface area contributed by atoms with Gasteiger partial charge in [0.2, 0.25) is 0 Å². The Morgan fingerprint density at radius 1 is 1.27 bits per heavy atom. The number of hydrogen-bond acceptors (Lipinski definition) is 7. The van der Waals surface area contributed by atoms with E-state index in [1.54, 1.807) is 18.4 Å². The molecule has 0 saturated carbocycles. The maximum atomic E-state index is 12.1. The molecule has 3 heterocycles. The van der Waals surface area contributed by atoms with Gasteiger partial charge in [-0.2, -0.15) is 0 Å². The predicted octanol–water partition coefficient (Wildman–Crippen LogP) is 3.80. The van der Waals surface area contributed by atoms with Crippen molar-refractivity contribution >= 4 is 29.1 Å². The van der Waals surface area contributed by atoms with E-state index in [1.807, 2.05) is 53.3 Å². The third-order valence-corrected chi connectivity index (χ3v) is 6.09. The highest BCUT2D eigenvalue weighted by Crippen LogP contribution is 2.37. The van der Waals surface area contributed by atoms with Gasteiger partial charge in [-0.15, -0.1) is 21.5 Å². The number of esters is 1. The molecule has 0 radical (unpaired) electrons. The zero-order valence-electron chi connectivity index (χ0n) is 14.3. The molecule has 0 bridgehead atoms. The van der Waals surface area contributed by atoms with Gasteiger partial charge in [0, 0.05) is 6.42 Å². The first-order chi connectivity index (χ1) is 12.7. The van der Waals surface area contributed by atoms with Crippen LogP contribution in [0.4, 0.5) is 0 Å². The zero-order chi connectivity index (χ0) is 18.1. The van der Waals surface area contributed by atoms with Gasteiger partial charge in [-0.05, 0) is 30.5 Å². The third-order valence-electron chi connectivity index (χ3n) is 4.07. The Balaban J connectivity index is 1.81. The number of carbonyl (C=O) groups is 1. The lowest BCUT2D eigenvalue weighted by atomic mass is 10.3. The van der Waals surface area contributed by atoms with Gasteiger partial charge < -0.3 is 9.47 Å². The average molecular weight is 387 g/mol. The van der Waals surface area contributed by atoms with Crippen LogP contribution in [-0.4, -0.2) is 39.2 Å². The molecule has 0 unspecified atom stereocenters. The van der Waals surface area contributed by atoms with Crippen LogP contribution in [0.2, 0.25) is 0 Å². The molecular weight excluding hydrogens is 370 g/mol. The van der Waals surface area contributed by atoms with Crippen molar-refractivity contribution in [3.63, 3.8) is 0 Å². The first-order valence-corrected chi connectivity index (χ1v) is 9.93. The number of rotatable bonds is 5. The molecule has 0 spiro atoms. The van der Waals surface area contributed by atoms with Crippen LogP contribution < -0.4 is 4.74 Å². The minimum absolute atomic E-state index is 0.0700. The van der Waals surface area contributed by atoms with Crippen molar-refractivity contribution in [3.05, 3.63) is 41.8 Å². The van der Waals surface area contributed by atoms with E-state index in [4.69, 9.17) is 9.47 Å². The monoisotopic (exact) mass is 387 g/mol. The Labute approximate surface area is 159 Å². The number of methoxy groups -OCH3 is 1. The number of benzene rings is 1. The van der Waals surface area contributed by atoms with Gasteiger partial charge in [0.05, 0.1) is 17.7 Å². The Kier molecular flexibility index (Phi) is 4.69. The summed E-state index contributed by atoms with van der Waals surface area (Å²) in [4.78, 5) is 13.1. The summed E-state index contributed by atoms with van der Waals surface area (Å²) >= 11 is 2.98. The fourth-order valence-corrected chi connectivity index (χ4v) is 4.74. The van der Waals surface area contributed by atoms with E-state index < -0.39 is 0 Å². The van der Waals surface area contributed by atoms with Crippen molar-refractivity contribution in [2.45, 2.75) is 29.9 Å². The number of cyclic esters (lactones) is 1. The molecule has 1 aliphatic rings. The van der Waals surface area contributed by atoms with Gasteiger partial charge in [0.25, 0.3) is 0 Å². The summed E-state index contributed by atoms with van der Waals surface area (Å²) in [7, 11) is 1.64. The van der Waals surface area contributed by atoms with Crippen molar-refractivity contribution in [2.24, 2.45) is 0 Å². The molecule has 3 aromatic rings. The number of carbonyl (C=O) groups excluding carboxylic acids is 1. The van der Waals surface area contributed by atoms with Crippen LogP contribution in [0.3, 0.4) is 0 Å². The maximum Gasteiger partial charge on any atom is 0.319 e. The molecular formula is C18H17N3O3S2. The Bertz CT molecular complexity index is 924. The second-order valence-electron chi connectivity index (χ2n) is 5.88. The molecule has 0 amide bonds. The second kappa shape index (κ2) is 7.13. The van der Waals surface area contributed by atoms with Crippen molar-refractivity contribution in [1.82, 2.24) is 14.8 Å². The zero-order valence-corrected chi connectivity index (χ0v) is 15.9. The van der Waals surface area contributed by atoms with Crippen molar-refractivity contribution in [1.29, 1.82) is 0 Å². The Hall–Kier alpha value is -2.32. The first kappa shape index (κ1) is 17.1. The lowest BCUT2D eigenvalue weighted by Gasteiger charge is -2.14. The lowest BCUT2D eigenvalue weighted by Crippen LogP contribution is -2.11. The number of nitrogens with zero attached hydrogens (tertiary/aromatic N) is 3. The first-order valence-electron chi connectivity index (χ1n) is 8.17. The van der Waals surface area contributed by atoms with E-state index in [9.17, 15) is 4.79 Å². The maximum absolute atomic E-state index is 12.1. The molecule has 2 atom stereocenters. The Morgan fingerprint density at radius 2 is 2.12 bits per heavy atom. The summed E-state index contributed by atoms with van der Waals surface area (Å²) in [6, 6.07) is 11.7. The average Bonchev–Trinajstić information content (AvgIpc) is 3.36. The molecule has 2 aromatic heterocycles. The topological polar surface area (TPSA) is 66.2 Å². The van der Waals surface area contributed by atoms with Gasteiger partial charge >= 0.3 is 5.97 Å². The summed E-state index contributed by atoms with van der Waals surface area (Å²) in [6.07, 6.45) is 0.593. The molecule has 0 aliphatic carbocycles. The van der Waals surface area contributed by atoms with Gasteiger partial charge in [-0.3, -0.25) is 9.36 Å². The minimum atomic E-state index is -0.279. The molecule has 1 aliphatic heterocycles. The highest BCUT2D eigenvalue weighted by Gasteiger charge is 2.34. The molecule has 134 valence electrons. The number of thioether (sulfide) groups is 1. The van der Waals surface area contributed by atoms with Crippen LogP contribution in [0, 0.1) is 0 Å². The summed E-state index contributed by atoms with van der Waals surface area (Å²) in [6.45, 7) is 1.90. The summed E-state index contributed by atoms with van der Waals surface area (Å²) in [5.41, 5.74) is 0.838. The molecule has 4 rings (SSSR count). The van der Waals surface area contributed by atoms with E-state index >= 15 is 0 Å². The predicted molar refractivity (Wildman–Crippen MR) is 101 cm³/mol. The van der Waals surface area contributed by atoms with E-state index in [1.165, 1.54) is 11.8 Å². The van der Waals surface area contributed by atoms with Crippen molar-refractivity contribution in [2.75, 3.05) is 7.11 Å². The van der Waals surface area contributed by atoms with Gasteiger partial charge in [-0.25, -0.2) is 0 Å². The standard InChI is InChI=1S/C18H17N3O3S2/c1-11-10-15(17(22)24-11)26-18-20-19-16(14-8-5-9-25-14)21(18)12-6-3-4-7-13(12)23-2/h3-9,11,15H,10H2,1-2H3/t11-,15+/m1/s1. The lowest BCUT2D eigenvalue weighted by molar-refractivity contribution is -0.140. The van der Waals surface area contributed by atoms with Crippen LogP contribution in [0.5, 0.6) is 5.75 Å². The molecule has 1 aromatic carbocycles. The minimum Gasteiger partial charge on any atom is -0.495 e. The number of hydrogen-bond donors (Lipinski definition) is 0. The van der Waals surface area contributed by atoms with E-state index in [-0.39, 0.29) is 17.3 Å². The number of aromatic nitrogens is 3. The largest absolute Gasteiger partial charge is 0.495 e. The SMILES string of the molecule is COc1ccccc1-n1c(S[C@H]2C[C@@H](C)OC2=O)nnc1-c1cccs1. The normalized spacial score (nSPS) is 19.5. The second-order valence-corrected chi connectivity index (χ2v) is 8.00. The van der Waals surface area contributed by atoms with Gasteiger partial charge in [0.15, 0.2) is 11.0 Å². The van der Waals surface area contributed by atoms with Crippen molar-refractivity contribution < 1.29 is 14.3 Å². The molecule has 6 nitrogen and oxygen atoms in total. The van der Waals surface area contributed by atoms with Gasteiger partial charge in [-0.1, -0.05) is 30.0 Å². The number of ether oxygens (including phenoxy) is 2. The van der Waals surface area contributed by atoms with Crippen LogP contribution >= 0.6 is 23.1 Å². The summed E-state index contributed by atoms with van der Waals surface area (Å²) < 4.78 is 12.8. The van der Waals surface area contributed by atoms with Crippen LogP contribution in [0.1, 0.15) is 13.3 Å². The smallest absolute Gasteiger partial charge is 0.319 e. The van der Waals surface area contributed by atoms with E-state index in [0.29, 0.717) is 17.3 Å². The number of para-hydroxylation sites is 2. The highest BCUT2D eigenvalue weighted by molar-refractivity contribution is 8.00. The molecule has 0 N–H and O–H groups in total. The molecule has 1 saturated heterocycles. The fourth-order valence-electron chi connectivity index (χ4n) is 2.89.